The maximum absolute atomic E-state index is 12.7. The van der Waals surface area contributed by atoms with E-state index >= 15 is 0 Å². The summed E-state index contributed by atoms with van der Waals surface area (Å²) in [5, 5.41) is 2.78. The Balaban J connectivity index is 2.03. The number of ether oxygens (including phenoxy) is 1. The number of carbonyl (C=O) groups is 1. The number of rotatable bonds is 9. The molecule has 0 fully saturated rings. The quantitative estimate of drug-likeness (QED) is 0.652. The van der Waals surface area contributed by atoms with E-state index in [1.165, 1.54) is 10.4 Å². The highest BCUT2D eigenvalue weighted by molar-refractivity contribution is 7.89. The normalized spacial score (nSPS) is 11.5. The van der Waals surface area contributed by atoms with E-state index < -0.39 is 10.0 Å². The Morgan fingerprint density at radius 1 is 1.04 bits per heavy atom. The monoisotopic (exact) mass is 404 g/mol. The SMILES string of the molecule is CCN(CC)S(=O)(=O)c1ccc(C)c(C(=O)NCCOc2ccc(C)cc2)c1. The maximum Gasteiger partial charge on any atom is 0.251 e. The van der Waals surface area contributed by atoms with E-state index in [1.807, 2.05) is 31.2 Å². The molecule has 28 heavy (non-hydrogen) atoms. The highest BCUT2D eigenvalue weighted by Gasteiger charge is 2.23. The van der Waals surface area contributed by atoms with Crippen molar-refractivity contribution in [2.75, 3.05) is 26.2 Å². The first-order valence-corrected chi connectivity index (χ1v) is 10.8. The predicted molar refractivity (Wildman–Crippen MR) is 110 cm³/mol. The first-order chi connectivity index (χ1) is 13.3. The Morgan fingerprint density at radius 2 is 1.68 bits per heavy atom. The summed E-state index contributed by atoms with van der Waals surface area (Å²) in [6.45, 7) is 8.76. The summed E-state index contributed by atoms with van der Waals surface area (Å²) < 4.78 is 32.4. The molecule has 0 aliphatic rings. The summed E-state index contributed by atoms with van der Waals surface area (Å²) in [6.07, 6.45) is 0. The lowest BCUT2D eigenvalue weighted by molar-refractivity contribution is 0.0946. The van der Waals surface area contributed by atoms with Crippen molar-refractivity contribution >= 4 is 15.9 Å². The van der Waals surface area contributed by atoms with E-state index in [0.29, 0.717) is 31.8 Å². The topological polar surface area (TPSA) is 75.7 Å². The van der Waals surface area contributed by atoms with Gasteiger partial charge < -0.3 is 10.1 Å². The van der Waals surface area contributed by atoms with Crippen molar-refractivity contribution in [1.29, 1.82) is 0 Å². The van der Waals surface area contributed by atoms with Gasteiger partial charge in [-0.2, -0.15) is 4.31 Å². The third kappa shape index (κ3) is 5.33. The molecular formula is C21H28N2O4S. The van der Waals surface area contributed by atoms with Crippen molar-refractivity contribution in [3.05, 3.63) is 59.2 Å². The van der Waals surface area contributed by atoms with Gasteiger partial charge in [-0.3, -0.25) is 4.79 Å². The number of nitrogens with zero attached hydrogens (tertiary/aromatic N) is 1. The third-order valence-electron chi connectivity index (χ3n) is 4.47. The van der Waals surface area contributed by atoms with Crippen LogP contribution < -0.4 is 10.1 Å². The van der Waals surface area contributed by atoms with E-state index in [2.05, 4.69) is 5.32 Å². The number of benzene rings is 2. The van der Waals surface area contributed by atoms with Gasteiger partial charge in [-0.15, -0.1) is 0 Å². The average Bonchev–Trinajstić information content (AvgIpc) is 2.67. The Labute approximate surface area is 167 Å². The molecule has 2 aromatic carbocycles. The lowest BCUT2D eigenvalue weighted by Crippen LogP contribution is -2.31. The molecule has 0 heterocycles. The molecule has 0 aromatic heterocycles. The van der Waals surface area contributed by atoms with Gasteiger partial charge in [0.15, 0.2) is 0 Å². The van der Waals surface area contributed by atoms with Gasteiger partial charge in [0.2, 0.25) is 10.0 Å². The Bertz CT molecular complexity index is 905. The van der Waals surface area contributed by atoms with E-state index in [0.717, 1.165) is 16.9 Å². The molecule has 1 N–H and O–H groups in total. The molecule has 0 spiro atoms. The van der Waals surface area contributed by atoms with Crippen LogP contribution in [-0.4, -0.2) is 44.9 Å². The van der Waals surface area contributed by atoms with Crippen molar-refractivity contribution in [1.82, 2.24) is 9.62 Å². The van der Waals surface area contributed by atoms with Crippen molar-refractivity contribution in [3.63, 3.8) is 0 Å². The van der Waals surface area contributed by atoms with Gasteiger partial charge in [-0.05, 0) is 43.7 Å². The zero-order valence-corrected chi connectivity index (χ0v) is 17.7. The van der Waals surface area contributed by atoms with Crippen LogP contribution in [0.2, 0.25) is 0 Å². The van der Waals surface area contributed by atoms with E-state index in [9.17, 15) is 13.2 Å². The lowest BCUT2D eigenvalue weighted by Gasteiger charge is -2.19. The fraction of sp³-hybridized carbons (Fsp3) is 0.381. The number of sulfonamides is 1. The Morgan fingerprint density at radius 3 is 2.29 bits per heavy atom. The van der Waals surface area contributed by atoms with E-state index in [-0.39, 0.29) is 10.8 Å². The summed E-state index contributed by atoms with van der Waals surface area (Å²) >= 11 is 0. The van der Waals surface area contributed by atoms with Crippen molar-refractivity contribution < 1.29 is 17.9 Å². The maximum atomic E-state index is 12.7. The molecule has 7 heteroatoms. The second kappa shape index (κ2) is 9.71. The van der Waals surface area contributed by atoms with Crippen LogP contribution in [0.1, 0.15) is 35.3 Å². The zero-order valence-electron chi connectivity index (χ0n) is 16.9. The van der Waals surface area contributed by atoms with Gasteiger partial charge in [0.25, 0.3) is 5.91 Å². The molecule has 0 saturated carbocycles. The summed E-state index contributed by atoms with van der Waals surface area (Å²) in [7, 11) is -3.61. The van der Waals surface area contributed by atoms with Crippen molar-refractivity contribution in [3.8, 4) is 5.75 Å². The molecule has 0 saturated heterocycles. The Kier molecular flexibility index (Phi) is 7.60. The predicted octanol–water partition coefficient (Wildman–Crippen LogP) is 3.14. The van der Waals surface area contributed by atoms with Crippen LogP contribution in [0.4, 0.5) is 0 Å². The number of aryl methyl sites for hydroxylation is 2. The highest BCUT2D eigenvalue weighted by atomic mass is 32.2. The molecular weight excluding hydrogens is 376 g/mol. The molecule has 152 valence electrons. The standard InChI is InChI=1S/C21H28N2O4S/c1-5-23(6-2)28(25,26)19-12-9-17(4)20(15-19)21(24)22-13-14-27-18-10-7-16(3)8-11-18/h7-12,15H,5-6,13-14H2,1-4H3,(H,22,24). The summed E-state index contributed by atoms with van der Waals surface area (Å²) in [6, 6.07) is 12.3. The largest absolute Gasteiger partial charge is 0.492 e. The van der Waals surface area contributed by atoms with Crippen LogP contribution in [0, 0.1) is 13.8 Å². The van der Waals surface area contributed by atoms with Gasteiger partial charge in [-0.25, -0.2) is 8.42 Å². The molecule has 0 aliphatic carbocycles. The molecule has 0 aliphatic heterocycles. The second-order valence-electron chi connectivity index (χ2n) is 6.48. The first-order valence-electron chi connectivity index (χ1n) is 9.38. The van der Waals surface area contributed by atoms with Crippen molar-refractivity contribution in [2.45, 2.75) is 32.6 Å². The Hall–Kier alpha value is -2.38. The van der Waals surface area contributed by atoms with Crippen LogP contribution in [0.15, 0.2) is 47.4 Å². The van der Waals surface area contributed by atoms with Gasteiger partial charge in [0, 0.05) is 18.7 Å². The van der Waals surface area contributed by atoms with Crippen LogP contribution >= 0.6 is 0 Å². The average molecular weight is 405 g/mol. The minimum Gasteiger partial charge on any atom is -0.492 e. The second-order valence-corrected chi connectivity index (χ2v) is 8.42. The van der Waals surface area contributed by atoms with Crippen LogP contribution in [0.3, 0.4) is 0 Å². The minimum absolute atomic E-state index is 0.128. The fourth-order valence-electron chi connectivity index (χ4n) is 2.78. The molecule has 2 rings (SSSR count). The molecule has 0 bridgehead atoms. The number of nitrogens with one attached hydrogen (secondary N) is 1. The molecule has 1 amide bonds. The number of carbonyl (C=O) groups excluding carboxylic acids is 1. The molecule has 0 radical (unpaired) electrons. The molecule has 0 unspecified atom stereocenters. The van der Waals surface area contributed by atoms with Crippen LogP contribution in [0.25, 0.3) is 0 Å². The minimum atomic E-state index is -3.61. The fourth-order valence-corrected chi connectivity index (χ4v) is 4.27. The first kappa shape index (κ1) is 21.9. The van der Waals surface area contributed by atoms with E-state index in [1.54, 1.807) is 32.9 Å². The third-order valence-corrected chi connectivity index (χ3v) is 6.52. The molecule has 0 atom stereocenters. The zero-order chi connectivity index (χ0) is 20.7. The number of amides is 1. The van der Waals surface area contributed by atoms with Gasteiger partial charge >= 0.3 is 0 Å². The highest BCUT2D eigenvalue weighted by Crippen LogP contribution is 2.19. The van der Waals surface area contributed by atoms with Crippen LogP contribution in [0.5, 0.6) is 5.75 Å². The molecule has 6 nitrogen and oxygen atoms in total. The lowest BCUT2D eigenvalue weighted by atomic mass is 10.1. The summed E-state index contributed by atoms with van der Waals surface area (Å²) in [4.78, 5) is 12.7. The number of hydrogen-bond acceptors (Lipinski definition) is 4. The van der Waals surface area contributed by atoms with Gasteiger partial charge in [0.05, 0.1) is 11.4 Å². The van der Waals surface area contributed by atoms with E-state index in [4.69, 9.17) is 4.74 Å². The van der Waals surface area contributed by atoms with Gasteiger partial charge in [-0.1, -0.05) is 37.6 Å². The van der Waals surface area contributed by atoms with Crippen LogP contribution in [-0.2, 0) is 10.0 Å². The number of hydrogen-bond donors (Lipinski definition) is 1. The van der Waals surface area contributed by atoms with Crippen molar-refractivity contribution in [2.24, 2.45) is 0 Å². The smallest absolute Gasteiger partial charge is 0.251 e. The van der Waals surface area contributed by atoms with Gasteiger partial charge in [0.1, 0.15) is 12.4 Å². The summed E-state index contributed by atoms with van der Waals surface area (Å²) in [5.41, 5.74) is 2.22. The molecule has 2 aromatic rings. The summed E-state index contributed by atoms with van der Waals surface area (Å²) in [5.74, 6) is 0.421.